The van der Waals surface area contributed by atoms with Crippen molar-refractivity contribution in [3.63, 3.8) is 0 Å². The maximum atomic E-state index is 11.7. The lowest BCUT2D eigenvalue weighted by Gasteiger charge is -2.00. The Balaban J connectivity index is 1.91. The first-order valence-electron chi connectivity index (χ1n) is 5.58. The van der Waals surface area contributed by atoms with Crippen LogP contribution >= 0.6 is 22.9 Å². The van der Waals surface area contributed by atoms with Crippen molar-refractivity contribution in [2.75, 3.05) is 0 Å². The van der Waals surface area contributed by atoms with E-state index >= 15 is 0 Å². The second kappa shape index (κ2) is 6.40. The molecule has 0 spiro atoms. The van der Waals surface area contributed by atoms with Crippen LogP contribution in [0.15, 0.2) is 34.8 Å². The van der Waals surface area contributed by atoms with Gasteiger partial charge in [-0.3, -0.25) is 4.79 Å². The Labute approximate surface area is 123 Å². The minimum absolute atomic E-state index is 0.151. The van der Waals surface area contributed by atoms with Crippen LogP contribution in [0.1, 0.15) is 20.3 Å². The lowest BCUT2D eigenvalue weighted by molar-refractivity contribution is -0.131. The van der Waals surface area contributed by atoms with Gasteiger partial charge in [0.25, 0.3) is 5.91 Å². The molecule has 0 aliphatic rings. The fourth-order valence-corrected chi connectivity index (χ4v) is 2.42. The van der Waals surface area contributed by atoms with Crippen molar-refractivity contribution in [2.45, 2.75) is 6.54 Å². The summed E-state index contributed by atoms with van der Waals surface area (Å²) in [7, 11) is 0. The van der Waals surface area contributed by atoms with Crippen LogP contribution in [0.4, 0.5) is 0 Å². The smallest absolute Gasteiger partial charge is 0.328 e. The third kappa shape index (κ3) is 3.97. The van der Waals surface area contributed by atoms with Crippen molar-refractivity contribution in [1.29, 1.82) is 0 Å². The SMILES string of the molecule is O=C(O)C=Cc1ccc(CNC(=O)c2ccc(Cl)o2)s1. The Morgan fingerprint density at radius 1 is 1.35 bits per heavy atom. The number of hydrogen-bond acceptors (Lipinski definition) is 4. The number of amides is 1. The van der Waals surface area contributed by atoms with Crippen molar-refractivity contribution in [2.24, 2.45) is 0 Å². The number of halogens is 1. The summed E-state index contributed by atoms with van der Waals surface area (Å²) in [6, 6.07) is 6.60. The molecule has 0 aromatic carbocycles. The summed E-state index contributed by atoms with van der Waals surface area (Å²) in [5, 5.41) is 11.4. The van der Waals surface area contributed by atoms with Crippen molar-refractivity contribution in [1.82, 2.24) is 5.32 Å². The zero-order chi connectivity index (χ0) is 14.5. The normalized spacial score (nSPS) is 10.8. The fourth-order valence-electron chi connectivity index (χ4n) is 1.42. The van der Waals surface area contributed by atoms with Crippen molar-refractivity contribution < 1.29 is 19.1 Å². The maximum Gasteiger partial charge on any atom is 0.328 e. The Morgan fingerprint density at radius 2 is 2.15 bits per heavy atom. The predicted molar refractivity (Wildman–Crippen MR) is 75.9 cm³/mol. The van der Waals surface area contributed by atoms with Crippen LogP contribution in [0.5, 0.6) is 0 Å². The molecule has 5 nitrogen and oxygen atoms in total. The molecule has 0 unspecified atom stereocenters. The molecule has 2 heterocycles. The molecule has 2 rings (SSSR count). The topological polar surface area (TPSA) is 79.5 Å². The molecular weight excluding hydrogens is 302 g/mol. The van der Waals surface area contributed by atoms with Gasteiger partial charge in [-0.25, -0.2) is 4.79 Å². The number of furan rings is 1. The van der Waals surface area contributed by atoms with Gasteiger partial charge in [-0.15, -0.1) is 11.3 Å². The van der Waals surface area contributed by atoms with Gasteiger partial charge in [0.05, 0.1) is 6.54 Å². The molecule has 1 amide bonds. The Hall–Kier alpha value is -2.05. The number of carboxylic acids is 1. The number of carbonyl (C=O) groups is 2. The number of nitrogens with one attached hydrogen (secondary N) is 1. The number of rotatable bonds is 5. The zero-order valence-electron chi connectivity index (χ0n) is 10.1. The van der Waals surface area contributed by atoms with E-state index < -0.39 is 5.97 Å². The first kappa shape index (κ1) is 14.4. The fraction of sp³-hybridized carbons (Fsp3) is 0.0769. The first-order chi connectivity index (χ1) is 9.54. The standard InChI is InChI=1S/C13H10ClNO4S/c14-11-5-4-10(19-11)13(18)15-7-9-2-1-8(20-9)3-6-12(16)17/h1-6H,7H2,(H,15,18)(H,16,17). The molecule has 0 fully saturated rings. The molecule has 0 aliphatic carbocycles. The molecule has 20 heavy (non-hydrogen) atoms. The Bertz CT molecular complexity index is 659. The van der Waals surface area contributed by atoms with E-state index in [0.717, 1.165) is 15.8 Å². The van der Waals surface area contributed by atoms with Crippen molar-refractivity contribution in [3.8, 4) is 0 Å². The first-order valence-corrected chi connectivity index (χ1v) is 6.77. The van der Waals surface area contributed by atoms with Crippen LogP contribution in [0, 0.1) is 0 Å². The van der Waals surface area contributed by atoms with Gasteiger partial charge in [0.2, 0.25) is 0 Å². The van der Waals surface area contributed by atoms with Gasteiger partial charge in [0.1, 0.15) is 0 Å². The molecule has 0 radical (unpaired) electrons. The molecule has 0 aliphatic heterocycles. The highest BCUT2D eigenvalue weighted by molar-refractivity contribution is 7.12. The monoisotopic (exact) mass is 311 g/mol. The highest BCUT2D eigenvalue weighted by Crippen LogP contribution is 2.18. The molecule has 2 N–H and O–H groups in total. The van der Waals surface area contributed by atoms with E-state index in [1.54, 1.807) is 6.07 Å². The summed E-state index contributed by atoms with van der Waals surface area (Å²) in [6.45, 7) is 0.336. The van der Waals surface area contributed by atoms with Crippen LogP contribution in [-0.4, -0.2) is 17.0 Å². The Morgan fingerprint density at radius 3 is 2.80 bits per heavy atom. The van der Waals surface area contributed by atoms with E-state index in [-0.39, 0.29) is 16.9 Å². The lowest BCUT2D eigenvalue weighted by Crippen LogP contribution is -2.21. The van der Waals surface area contributed by atoms with E-state index in [0.29, 0.717) is 6.54 Å². The quantitative estimate of drug-likeness (QED) is 0.832. The number of carbonyl (C=O) groups excluding carboxylic acids is 1. The Kier molecular flexibility index (Phi) is 4.60. The third-order valence-corrected chi connectivity index (χ3v) is 3.55. The van der Waals surface area contributed by atoms with Crippen LogP contribution < -0.4 is 5.32 Å². The molecule has 0 saturated heterocycles. The van der Waals surface area contributed by atoms with Gasteiger partial charge >= 0.3 is 5.97 Å². The molecule has 2 aromatic heterocycles. The van der Waals surface area contributed by atoms with E-state index in [1.165, 1.54) is 29.5 Å². The third-order valence-electron chi connectivity index (χ3n) is 2.29. The van der Waals surface area contributed by atoms with E-state index in [1.807, 2.05) is 6.07 Å². The molecule has 7 heteroatoms. The lowest BCUT2D eigenvalue weighted by atomic mass is 10.3. The van der Waals surface area contributed by atoms with Crippen molar-refractivity contribution in [3.05, 3.63) is 51.1 Å². The summed E-state index contributed by atoms with van der Waals surface area (Å²) in [5.74, 6) is -1.20. The van der Waals surface area contributed by atoms with Crippen LogP contribution in [0.3, 0.4) is 0 Å². The molecular formula is C13H10ClNO4S. The van der Waals surface area contributed by atoms with E-state index in [9.17, 15) is 9.59 Å². The molecule has 0 saturated carbocycles. The number of thiophene rings is 1. The van der Waals surface area contributed by atoms with Gasteiger partial charge in [0, 0.05) is 15.8 Å². The summed E-state index contributed by atoms with van der Waals surface area (Å²) in [6.07, 6.45) is 2.57. The van der Waals surface area contributed by atoms with Crippen molar-refractivity contribution >= 4 is 40.9 Å². The minimum Gasteiger partial charge on any atom is -0.478 e. The van der Waals surface area contributed by atoms with Gasteiger partial charge < -0.3 is 14.8 Å². The van der Waals surface area contributed by atoms with Gasteiger partial charge in [-0.05, 0) is 41.9 Å². The molecule has 0 bridgehead atoms. The zero-order valence-corrected chi connectivity index (χ0v) is 11.7. The number of hydrogen-bond donors (Lipinski definition) is 2. The summed E-state index contributed by atoms with van der Waals surface area (Å²) < 4.78 is 4.98. The summed E-state index contributed by atoms with van der Waals surface area (Å²) in [5.41, 5.74) is 0. The minimum atomic E-state index is -0.997. The second-order valence-electron chi connectivity index (χ2n) is 3.76. The second-order valence-corrected chi connectivity index (χ2v) is 5.33. The largest absolute Gasteiger partial charge is 0.478 e. The van der Waals surface area contributed by atoms with Crippen LogP contribution in [-0.2, 0) is 11.3 Å². The highest BCUT2D eigenvalue weighted by atomic mass is 35.5. The average Bonchev–Trinajstić information content (AvgIpc) is 3.02. The summed E-state index contributed by atoms with van der Waals surface area (Å²) >= 11 is 6.98. The highest BCUT2D eigenvalue weighted by Gasteiger charge is 2.10. The van der Waals surface area contributed by atoms with Crippen LogP contribution in [0.25, 0.3) is 6.08 Å². The molecule has 0 atom stereocenters. The summed E-state index contributed by atoms with van der Waals surface area (Å²) in [4.78, 5) is 23.8. The molecule has 104 valence electrons. The predicted octanol–water partition coefficient (Wildman–Crippen LogP) is 3.02. The van der Waals surface area contributed by atoms with Gasteiger partial charge in [0.15, 0.2) is 11.0 Å². The number of aliphatic carboxylic acids is 1. The van der Waals surface area contributed by atoms with Gasteiger partial charge in [-0.2, -0.15) is 0 Å². The number of carboxylic acid groups (broad SMARTS) is 1. The van der Waals surface area contributed by atoms with Gasteiger partial charge in [-0.1, -0.05) is 0 Å². The van der Waals surface area contributed by atoms with E-state index in [4.69, 9.17) is 21.1 Å². The average molecular weight is 312 g/mol. The maximum absolute atomic E-state index is 11.7. The van der Waals surface area contributed by atoms with E-state index in [2.05, 4.69) is 5.32 Å². The molecule has 2 aromatic rings. The van der Waals surface area contributed by atoms with Crippen LogP contribution in [0.2, 0.25) is 5.22 Å².